The van der Waals surface area contributed by atoms with Crippen molar-refractivity contribution in [3.63, 3.8) is 0 Å². The van der Waals surface area contributed by atoms with Gasteiger partial charge in [-0.15, -0.1) is 0 Å². The van der Waals surface area contributed by atoms with Crippen molar-refractivity contribution in [2.24, 2.45) is 0 Å². The maximum Gasteiger partial charge on any atom is 0.254 e. The highest BCUT2D eigenvalue weighted by molar-refractivity contribution is 14.1. The van der Waals surface area contributed by atoms with Gasteiger partial charge < -0.3 is 4.90 Å². The van der Waals surface area contributed by atoms with Crippen LogP contribution in [0.1, 0.15) is 37.6 Å². The van der Waals surface area contributed by atoms with E-state index in [9.17, 15) is 4.79 Å². The number of hydrogen-bond donors (Lipinski definition) is 0. The van der Waals surface area contributed by atoms with Gasteiger partial charge in [-0.3, -0.25) is 4.79 Å². The van der Waals surface area contributed by atoms with Crippen LogP contribution in [0.25, 0.3) is 0 Å². The van der Waals surface area contributed by atoms with Gasteiger partial charge in [0.2, 0.25) is 0 Å². The Kier molecular flexibility index (Phi) is 5.73. The Morgan fingerprint density at radius 1 is 1.47 bits per heavy atom. The van der Waals surface area contributed by atoms with Crippen molar-refractivity contribution >= 4 is 40.1 Å². The van der Waals surface area contributed by atoms with Crippen LogP contribution in [0.4, 0.5) is 0 Å². The summed E-state index contributed by atoms with van der Waals surface area (Å²) in [5.74, 6) is 0.0557. The molecule has 1 atom stereocenters. The second-order valence-corrected chi connectivity index (χ2v) is 5.55. The average Bonchev–Trinajstić information content (AvgIpc) is 2.33. The van der Waals surface area contributed by atoms with Crippen LogP contribution in [0.3, 0.4) is 0 Å². The fourth-order valence-corrected chi connectivity index (χ4v) is 2.19. The highest BCUT2D eigenvalue weighted by Crippen LogP contribution is 2.21. The van der Waals surface area contributed by atoms with E-state index in [0.717, 1.165) is 16.5 Å². The Balaban J connectivity index is 2.98. The van der Waals surface area contributed by atoms with Crippen LogP contribution < -0.4 is 0 Å². The van der Waals surface area contributed by atoms with Crippen LogP contribution in [0.15, 0.2) is 18.2 Å². The quantitative estimate of drug-likeness (QED) is 0.732. The molecular weight excluding hydrogens is 349 g/mol. The lowest BCUT2D eigenvalue weighted by Gasteiger charge is -2.27. The number of benzene rings is 1. The Bertz CT molecular complexity index is 408. The first kappa shape index (κ1) is 14.8. The topological polar surface area (TPSA) is 20.3 Å². The van der Waals surface area contributed by atoms with Crippen molar-refractivity contribution in [1.29, 1.82) is 0 Å². The predicted molar refractivity (Wildman–Crippen MR) is 80.6 cm³/mol. The van der Waals surface area contributed by atoms with Gasteiger partial charge in [-0.05, 0) is 61.1 Å². The summed E-state index contributed by atoms with van der Waals surface area (Å²) in [5.41, 5.74) is 0.664. The second-order valence-electron chi connectivity index (χ2n) is 3.98. The minimum Gasteiger partial charge on any atom is -0.336 e. The fourth-order valence-electron chi connectivity index (χ4n) is 1.67. The van der Waals surface area contributed by atoms with E-state index < -0.39 is 0 Å². The maximum absolute atomic E-state index is 12.3. The lowest BCUT2D eigenvalue weighted by Crippen LogP contribution is -2.38. The molecule has 4 heteroatoms. The number of nitrogens with zero attached hydrogens (tertiary/aromatic N) is 1. The summed E-state index contributed by atoms with van der Waals surface area (Å²) in [4.78, 5) is 14.2. The molecule has 1 aromatic carbocycles. The molecule has 1 aromatic rings. The van der Waals surface area contributed by atoms with Gasteiger partial charge in [-0.25, -0.2) is 0 Å². The molecular formula is C13H17ClINO. The van der Waals surface area contributed by atoms with Crippen LogP contribution in [0.2, 0.25) is 5.02 Å². The van der Waals surface area contributed by atoms with Gasteiger partial charge >= 0.3 is 0 Å². The highest BCUT2D eigenvalue weighted by Gasteiger charge is 2.19. The molecule has 0 saturated carbocycles. The molecule has 17 heavy (non-hydrogen) atoms. The zero-order chi connectivity index (χ0) is 13.0. The number of rotatable bonds is 4. The zero-order valence-corrected chi connectivity index (χ0v) is 13.2. The van der Waals surface area contributed by atoms with Crippen molar-refractivity contribution in [3.05, 3.63) is 32.4 Å². The van der Waals surface area contributed by atoms with Gasteiger partial charge in [0.15, 0.2) is 0 Å². The van der Waals surface area contributed by atoms with Crippen molar-refractivity contribution in [1.82, 2.24) is 4.90 Å². The largest absolute Gasteiger partial charge is 0.336 e. The summed E-state index contributed by atoms with van der Waals surface area (Å²) in [6.45, 7) is 6.87. The molecule has 2 nitrogen and oxygen atoms in total. The molecule has 0 aliphatic carbocycles. The van der Waals surface area contributed by atoms with Crippen LogP contribution in [0, 0.1) is 3.57 Å². The van der Waals surface area contributed by atoms with Crippen molar-refractivity contribution in [2.45, 2.75) is 33.2 Å². The summed E-state index contributed by atoms with van der Waals surface area (Å²) >= 11 is 8.20. The summed E-state index contributed by atoms with van der Waals surface area (Å²) < 4.78 is 0.965. The van der Waals surface area contributed by atoms with Gasteiger partial charge in [-0.1, -0.05) is 18.5 Å². The summed E-state index contributed by atoms with van der Waals surface area (Å²) in [7, 11) is 0. The van der Waals surface area contributed by atoms with Gasteiger partial charge in [0, 0.05) is 21.7 Å². The number of carbonyl (C=O) groups is 1. The van der Waals surface area contributed by atoms with Crippen molar-refractivity contribution in [2.75, 3.05) is 6.54 Å². The lowest BCUT2D eigenvalue weighted by molar-refractivity contribution is 0.0700. The highest BCUT2D eigenvalue weighted by atomic mass is 127. The van der Waals surface area contributed by atoms with E-state index in [-0.39, 0.29) is 11.9 Å². The molecule has 94 valence electrons. The standard InChI is InChI=1S/C13H17ClINO/c1-4-9(3)16(5-2)13(17)10-6-7-12(15)11(14)8-10/h6-9H,4-5H2,1-3H3. The first-order valence-corrected chi connectivity index (χ1v) is 7.22. The Labute approximate surface area is 121 Å². The van der Waals surface area contributed by atoms with E-state index in [1.54, 1.807) is 6.07 Å². The Morgan fingerprint density at radius 2 is 2.12 bits per heavy atom. The van der Waals surface area contributed by atoms with Crippen LogP contribution in [-0.4, -0.2) is 23.4 Å². The van der Waals surface area contributed by atoms with Crippen molar-refractivity contribution in [3.8, 4) is 0 Å². The first-order chi connectivity index (χ1) is 8.01. The molecule has 0 spiro atoms. The third-order valence-corrected chi connectivity index (χ3v) is 4.46. The van der Waals surface area contributed by atoms with E-state index in [1.807, 2.05) is 24.0 Å². The van der Waals surface area contributed by atoms with E-state index in [2.05, 4.69) is 36.4 Å². The molecule has 0 bridgehead atoms. The van der Waals surface area contributed by atoms with Gasteiger partial charge in [-0.2, -0.15) is 0 Å². The maximum atomic E-state index is 12.3. The van der Waals surface area contributed by atoms with E-state index in [4.69, 9.17) is 11.6 Å². The second kappa shape index (κ2) is 6.59. The third kappa shape index (κ3) is 3.58. The molecule has 0 heterocycles. The summed E-state index contributed by atoms with van der Waals surface area (Å²) in [6.07, 6.45) is 0.956. The van der Waals surface area contributed by atoms with Crippen LogP contribution >= 0.6 is 34.2 Å². The van der Waals surface area contributed by atoms with Gasteiger partial charge in [0.05, 0.1) is 5.02 Å². The number of hydrogen-bond acceptors (Lipinski definition) is 1. The van der Waals surface area contributed by atoms with E-state index in [0.29, 0.717) is 10.6 Å². The smallest absolute Gasteiger partial charge is 0.254 e. The normalized spacial score (nSPS) is 12.3. The third-order valence-electron chi connectivity index (χ3n) is 2.89. The number of halogens is 2. The monoisotopic (exact) mass is 365 g/mol. The van der Waals surface area contributed by atoms with E-state index >= 15 is 0 Å². The molecule has 0 aliphatic heterocycles. The average molecular weight is 366 g/mol. The molecule has 0 fully saturated rings. The Hall–Kier alpha value is -0.290. The minimum atomic E-state index is 0.0557. The molecule has 1 rings (SSSR count). The minimum absolute atomic E-state index is 0.0557. The van der Waals surface area contributed by atoms with E-state index in [1.165, 1.54) is 0 Å². The predicted octanol–water partition coefficient (Wildman–Crippen LogP) is 4.21. The lowest BCUT2D eigenvalue weighted by atomic mass is 10.1. The molecule has 0 saturated heterocycles. The molecule has 1 unspecified atom stereocenters. The van der Waals surface area contributed by atoms with Gasteiger partial charge in [0.25, 0.3) is 5.91 Å². The van der Waals surface area contributed by atoms with Gasteiger partial charge in [0.1, 0.15) is 0 Å². The molecule has 0 aliphatic rings. The molecule has 0 radical (unpaired) electrons. The molecule has 1 amide bonds. The summed E-state index contributed by atoms with van der Waals surface area (Å²) in [5, 5.41) is 0.636. The Morgan fingerprint density at radius 3 is 2.59 bits per heavy atom. The SMILES string of the molecule is CCC(C)N(CC)C(=O)c1ccc(I)c(Cl)c1. The van der Waals surface area contributed by atoms with Crippen LogP contribution in [0.5, 0.6) is 0 Å². The van der Waals surface area contributed by atoms with Crippen LogP contribution in [-0.2, 0) is 0 Å². The first-order valence-electron chi connectivity index (χ1n) is 5.77. The summed E-state index contributed by atoms with van der Waals surface area (Å²) in [6, 6.07) is 5.71. The molecule has 0 N–H and O–H groups in total. The molecule has 0 aromatic heterocycles. The fraction of sp³-hybridized carbons (Fsp3) is 0.462. The zero-order valence-electron chi connectivity index (χ0n) is 10.3. The number of amides is 1. The number of carbonyl (C=O) groups excluding carboxylic acids is 1. The van der Waals surface area contributed by atoms with Crippen molar-refractivity contribution < 1.29 is 4.79 Å².